The van der Waals surface area contributed by atoms with E-state index in [4.69, 9.17) is 0 Å². The summed E-state index contributed by atoms with van der Waals surface area (Å²) >= 11 is 3.38. The van der Waals surface area contributed by atoms with Crippen LogP contribution in [0.1, 0.15) is 22.8 Å². The van der Waals surface area contributed by atoms with Gasteiger partial charge in [-0.2, -0.15) is 0 Å². The molecule has 0 aliphatic rings. The molecule has 0 aromatic heterocycles. The van der Waals surface area contributed by atoms with Crippen LogP contribution in [-0.2, 0) is 0 Å². The lowest BCUT2D eigenvalue weighted by Crippen LogP contribution is -2.02. The van der Waals surface area contributed by atoms with Crippen LogP contribution in [0.4, 0.5) is 4.39 Å². The van der Waals surface area contributed by atoms with Crippen LogP contribution in [-0.4, -0.2) is 5.11 Å². The van der Waals surface area contributed by atoms with E-state index in [-0.39, 0.29) is 5.82 Å². The third-order valence-corrected chi connectivity index (χ3v) is 4.45. The van der Waals surface area contributed by atoms with Gasteiger partial charge in [-0.05, 0) is 47.0 Å². The maximum atomic E-state index is 13.5. The second-order valence-electron chi connectivity index (χ2n) is 5.09. The zero-order valence-corrected chi connectivity index (χ0v) is 13.1. The summed E-state index contributed by atoms with van der Waals surface area (Å²) in [6.07, 6.45) is -0.874. The molecule has 1 nitrogen and oxygen atoms in total. The Morgan fingerprint density at radius 3 is 2.43 bits per heavy atom. The highest BCUT2D eigenvalue weighted by Gasteiger charge is 2.17. The van der Waals surface area contributed by atoms with Crippen LogP contribution >= 0.6 is 15.9 Å². The molecule has 0 fully saturated rings. The minimum atomic E-state index is -0.874. The van der Waals surface area contributed by atoms with Crippen molar-refractivity contribution in [2.45, 2.75) is 13.0 Å². The van der Waals surface area contributed by atoms with E-state index in [1.54, 1.807) is 6.07 Å². The molecule has 21 heavy (non-hydrogen) atoms. The molecule has 0 spiro atoms. The third-order valence-electron chi connectivity index (χ3n) is 3.72. The minimum Gasteiger partial charge on any atom is -0.384 e. The maximum absolute atomic E-state index is 13.5. The molecule has 3 rings (SSSR count). The van der Waals surface area contributed by atoms with Gasteiger partial charge in [-0.1, -0.05) is 52.3 Å². The van der Waals surface area contributed by atoms with Crippen molar-refractivity contribution in [1.29, 1.82) is 0 Å². The van der Waals surface area contributed by atoms with Crippen molar-refractivity contribution in [1.82, 2.24) is 0 Å². The Bertz CT molecular complexity index is 813. The van der Waals surface area contributed by atoms with Gasteiger partial charge in [0.2, 0.25) is 0 Å². The van der Waals surface area contributed by atoms with Gasteiger partial charge in [0.1, 0.15) is 11.9 Å². The van der Waals surface area contributed by atoms with E-state index in [2.05, 4.69) is 15.9 Å². The molecular formula is C18H14BrFO. The number of aliphatic hydroxyl groups excluding tert-OH is 1. The molecule has 0 saturated carbocycles. The van der Waals surface area contributed by atoms with Crippen LogP contribution in [0.25, 0.3) is 10.8 Å². The van der Waals surface area contributed by atoms with E-state index < -0.39 is 6.10 Å². The number of benzene rings is 3. The number of fused-ring (bicyclic) bond motifs is 1. The molecule has 1 atom stereocenters. The standard InChI is InChI=1S/C18H14BrFO/c1-11-6-8-15(14-5-3-2-4-13(11)14)18(21)16-10-12(20)7-9-17(16)19/h2-10,18,21H,1H3. The van der Waals surface area contributed by atoms with Crippen LogP contribution in [0.2, 0.25) is 0 Å². The average Bonchev–Trinajstić information content (AvgIpc) is 2.50. The number of aryl methyl sites for hydroxylation is 1. The number of hydrogen-bond donors (Lipinski definition) is 1. The molecule has 3 aromatic carbocycles. The number of hydrogen-bond acceptors (Lipinski definition) is 1. The first kappa shape index (κ1) is 14.2. The highest BCUT2D eigenvalue weighted by atomic mass is 79.9. The summed E-state index contributed by atoms with van der Waals surface area (Å²) in [6, 6.07) is 16.2. The summed E-state index contributed by atoms with van der Waals surface area (Å²) in [7, 11) is 0. The van der Waals surface area contributed by atoms with Crippen LogP contribution in [0.3, 0.4) is 0 Å². The van der Waals surface area contributed by atoms with E-state index in [1.807, 2.05) is 43.3 Å². The van der Waals surface area contributed by atoms with Crippen molar-refractivity contribution < 1.29 is 9.50 Å². The summed E-state index contributed by atoms with van der Waals surface area (Å²) in [5.41, 5.74) is 2.46. The molecule has 0 bridgehead atoms. The molecule has 0 aliphatic heterocycles. The fourth-order valence-electron chi connectivity index (χ4n) is 2.60. The first-order chi connectivity index (χ1) is 10.1. The maximum Gasteiger partial charge on any atom is 0.123 e. The Labute approximate surface area is 131 Å². The number of halogens is 2. The Morgan fingerprint density at radius 1 is 0.952 bits per heavy atom. The minimum absolute atomic E-state index is 0.358. The van der Waals surface area contributed by atoms with Gasteiger partial charge in [-0.3, -0.25) is 0 Å². The first-order valence-corrected chi connectivity index (χ1v) is 7.48. The SMILES string of the molecule is Cc1ccc(C(O)c2cc(F)ccc2Br)c2ccccc12. The van der Waals surface area contributed by atoms with Crippen molar-refractivity contribution in [3.8, 4) is 0 Å². The largest absolute Gasteiger partial charge is 0.384 e. The highest BCUT2D eigenvalue weighted by Crippen LogP contribution is 2.34. The zero-order chi connectivity index (χ0) is 15.0. The first-order valence-electron chi connectivity index (χ1n) is 6.69. The molecule has 0 saturated heterocycles. The van der Waals surface area contributed by atoms with Crippen molar-refractivity contribution in [2.75, 3.05) is 0 Å². The zero-order valence-electron chi connectivity index (χ0n) is 11.5. The summed E-state index contributed by atoms with van der Waals surface area (Å²) < 4.78 is 14.2. The fourth-order valence-corrected chi connectivity index (χ4v) is 3.07. The van der Waals surface area contributed by atoms with Crippen LogP contribution in [0.5, 0.6) is 0 Å². The molecule has 0 radical (unpaired) electrons. The van der Waals surface area contributed by atoms with Crippen molar-refractivity contribution in [3.63, 3.8) is 0 Å². The van der Waals surface area contributed by atoms with Gasteiger partial charge in [0, 0.05) is 10.0 Å². The number of aliphatic hydroxyl groups is 1. The Morgan fingerprint density at radius 2 is 1.67 bits per heavy atom. The van der Waals surface area contributed by atoms with Gasteiger partial charge >= 0.3 is 0 Å². The van der Waals surface area contributed by atoms with E-state index in [9.17, 15) is 9.50 Å². The molecule has 1 unspecified atom stereocenters. The van der Waals surface area contributed by atoms with Crippen molar-refractivity contribution in [2.24, 2.45) is 0 Å². The monoisotopic (exact) mass is 344 g/mol. The van der Waals surface area contributed by atoms with Crippen LogP contribution < -0.4 is 0 Å². The Kier molecular flexibility index (Phi) is 3.79. The normalized spacial score (nSPS) is 12.6. The topological polar surface area (TPSA) is 20.2 Å². The van der Waals surface area contributed by atoms with Gasteiger partial charge < -0.3 is 5.11 Å². The molecule has 3 heteroatoms. The molecule has 0 aliphatic carbocycles. The average molecular weight is 345 g/mol. The van der Waals surface area contributed by atoms with Gasteiger partial charge in [0.05, 0.1) is 0 Å². The predicted octanol–water partition coefficient (Wildman–Crippen LogP) is 5.13. The summed E-state index contributed by atoms with van der Waals surface area (Å²) in [5.74, 6) is -0.358. The molecule has 3 aromatic rings. The molecule has 0 amide bonds. The lowest BCUT2D eigenvalue weighted by molar-refractivity contribution is 0.220. The van der Waals surface area contributed by atoms with E-state index in [0.29, 0.717) is 10.0 Å². The highest BCUT2D eigenvalue weighted by molar-refractivity contribution is 9.10. The van der Waals surface area contributed by atoms with Crippen molar-refractivity contribution >= 4 is 26.7 Å². The molecule has 1 N–H and O–H groups in total. The molecule has 106 valence electrons. The number of rotatable bonds is 2. The van der Waals surface area contributed by atoms with E-state index in [1.165, 1.54) is 12.1 Å². The van der Waals surface area contributed by atoms with Crippen molar-refractivity contribution in [3.05, 3.63) is 81.6 Å². The van der Waals surface area contributed by atoms with E-state index in [0.717, 1.165) is 21.9 Å². The van der Waals surface area contributed by atoms with Crippen LogP contribution in [0.15, 0.2) is 59.1 Å². The second kappa shape index (κ2) is 5.58. The van der Waals surface area contributed by atoms with Gasteiger partial charge in [-0.15, -0.1) is 0 Å². The van der Waals surface area contributed by atoms with E-state index >= 15 is 0 Å². The predicted molar refractivity (Wildman–Crippen MR) is 86.8 cm³/mol. The summed E-state index contributed by atoms with van der Waals surface area (Å²) in [5, 5.41) is 12.8. The quantitative estimate of drug-likeness (QED) is 0.683. The third kappa shape index (κ3) is 2.59. The molecular weight excluding hydrogens is 331 g/mol. The van der Waals surface area contributed by atoms with Crippen LogP contribution in [0, 0.1) is 12.7 Å². The van der Waals surface area contributed by atoms with Gasteiger partial charge in [0.15, 0.2) is 0 Å². The van der Waals surface area contributed by atoms with Gasteiger partial charge in [-0.25, -0.2) is 4.39 Å². The lowest BCUT2D eigenvalue weighted by Gasteiger charge is -2.17. The smallest absolute Gasteiger partial charge is 0.123 e. The summed E-state index contributed by atoms with van der Waals surface area (Å²) in [4.78, 5) is 0. The summed E-state index contributed by atoms with van der Waals surface area (Å²) in [6.45, 7) is 2.04. The Balaban J connectivity index is 2.20. The Hall–Kier alpha value is -1.71. The lowest BCUT2D eigenvalue weighted by atomic mass is 9.94. The molecule has 0 heterocycles. The second-order valence-corrected chi connectivity index (χ2v) is 5.94. The fraction of sp³-hybridized carbons (Fsp3) is 0.111. The van der Waals surface area contributed by atoms with Gasteiger partial charge in [0.25, 0.3) is 0 Å².